The zero-order chi connectivity index (χ0) is 11.1. The van der Waals surface area contributed by atoms with Gasteiger partial charge in [0.15, 0.2) is 0 Å². The van der Waals surface area contributed by atoms with E-state index in [1.807, 2.05) is 0 Å². The maximum atomic E-state index is 6.18. The number of fused-ring (bicyclic) bond motifs is 2. The van der Waals surface area contributed by atoms with Crippen molar-refractivity contribution in [2.45, 2.75) is 32.7 Å². The minimum atomic E-state index is 0.332. The highest BCUT2D eigenvalue weighted by Gasteiger charge is 2.56. The zero-order valence-corrected chi connectivity index (χ0v) is 10.0. The van der Waals surface area contributed by atoms with Gasteiger partial charge in [0, 0.05) is 19.1 Å². The Balaban J connectivity index is 1.91. The summed E-state index contributed by atoms with van der Waals surface area (Å²) in [5.74, 6) is 2.12. The van der Waals surface area contributed by atoms with Crippen molar-refractivity contribution in [1.29, 1.82) is 0 Å². The molecule has 3 nitrogen and oxygen atoms in total. The van der Waals surface area contributed by atoms with E-state index in [1.54, 1.807) is 7.11 Å². The quantitative estimate of drug-likeness (QED) is 0.570. The van der Waals surface area contributed by atoms with Gasteiger partial charge in [0.2, 0.25) is 0 Å². The molecule has 3 heteroatoms. The summed E-state index contributed by atoms with van der Waals surface area (Å²) >= 11 is 0. The molecule has 0 aromatic carbocycles. The molecule has 0 unspecified atom stereocenters. The molecule has 0 heterocycles. The van der Waals surface area contributed by atoms with Crippen LogP contribution in [0.4, 0.5) is 0 Å². The largest absolute Gasteiger partial charge is 0.359 e. The molecule has 3 rings (SSSR count). The van der Waals surface area contributed by atoms with Crippen molar-refractivity contribution in [3.63, 3.8) is 0 Å². The van der Waals surface area contributed by atoms with Crippen LogP contribution in [0, 0.1) is 23.2 Å². The fraction of sp³-hybridized carbons (Fsp3) is 1.00. The highest BCUT2D eigenvalue weighted by molar-refractivity contribution is 5.07. The highest BCUT2D eigenvalue weighted by atomic mass is 16.7. The van der Waals surface area contributed by atoms with Crippen LogP contribution < -0.4 is 5.73 Å². The summed E-state index contributed by atoms with van der Waals surface area (Å²) in [4.78, 5) is 0. The lowest BCUT2D eigenvalue weighted by Gasteiger charge is -2.62. The fourth-order valence-electron chi connectivity index (χ4n) is 3.49. The summed E-state index contributed by atoms with van der Waals surface area (Å²) in [6, 6.07) is 0.332. The molecule has 88 valence electrons. The SMILES string of the molecule is COCOC[C@H]1[C@H](N)C[C@@H]2C[C@H]1C2(C)C. The lowest BCUT2D eigenvalue weighted by Crippen LogP contribution is -2.60. The van der Waals surface area contributed by atoms with Gasteiger partial charge in [-0.1, -0.05) is 13.8 Å². The molecule has 0 amide bonds. The molecule has 0 aromatic rings. The molecule has 2 N–H and O–H groups in total. The Bertz CT molecular complexity index is 230. The maximum Gasteiger partial charge on any atom is 0.146 e. The van der Waals surface area contributed by atoms with Crippen LogP contribution in [0.25, 0.3) is 0 Å². The Morgan fingerprint density at radius 3 is 2.67 bits per heavy atom. The molecule has 3 aliphatic carbocycles. The third-order valence-electron chi connectivity index (χ3n) is 4.68. The Hall–Kier alpha value is -0.120. The molecule has 15 heavy (non-hydrogen) atoms. The number of methoxy groups -OCH3 is 1. The molecular weight excluding hydrogens is 190 g/mol. The maximum absolute atomic E-state index is 6.18. The van der Waals surface area contributed by atoms with Gasteiger partial charge in [-0.15, -0.1) is 0 Å². The standard InChI is InChI=1S/C12H23NO2/c1-12(2)8-4-10(12)9(11(13)5-8)6-15-7-14-3/h8-11H,4-7,13H2,1-3H3/t8-,9+,10+,11+/m0/s1. The molecule has 0 spiro atoms. The van der Waals surface area contributed by atoms with Crippen molar-refractivity contribution in [2.24, 2.45) is 28.9 Å². The second-order valence-corrected chi connectivity index (χ2v) is 5.70. The smallest absolute Gasteiger partial charge is 0.146 e. The van der Waals surface area contributed by atoms with Crippen molar-refractivity contribution < 1.29 is 9.47 Å². The Morgan fingerprint density at radius 1 is 1.33 bits per heavy atom. The second kappa shape index (κ2) is 4.04. The van der Waals surface area contributed by atoms with Gasteiger partial charge in [0.05, 0.1) is 6.61 Å². The Morgan fingerprint density at radius 2 is 2.07 bits per heavy atom. The first-order valence-corrected chi connectivity index (χ1v) is 5.89. The van der Waals surface area contributed by atoms with Crippen molar-refractivity contribution in [3.8, 4) is 0 Å². The molecule has 0 aliphatic heterocycles. The van der Waals surface area contributed by atoms with Crippen molar-refractivity contribution in [3.05, 3.63) is 0 Å². The van der Waals surface area contributed by atoms with Crippen LogP contribution in [0.3, 0.4) is 0 Å². The number of hydrogen-bond acceptors (Lipinski definition) is 3. The summed E-state index contributed by atoms with van der Waals surface area (Å²) in [6.45, 7) is 5.90. The van der Waals surface area contributed by atoms with E-state index < -0.39 is 0 Å². The van der Waals surface area contributed by atoms with E-state index in [4.69, 9.17) is 15.2 Å². The zero-order valence-electron chi connectivity index (χ0n) is 10.0. The minimum absolute atomic E-state index is 0.332. The monoisotopic (exact) mass is 213 g/mol. The van der Waals surface area contributed by atoms with Crippen LogP contribution in [0.2, 0.25) is 0 Å². The van der Waals surface area contributed by atoms with E-state index in [2.05, 4.69) is 13.8 Å². The first-order valence-electron chi connectivity index (χ1n) is 5.89. The summed E-state index contributed by atoms with van der Waals surface area (Å²) in [5, 5.41) is 0. The van der Waals surface area contributed by atoms with E-state index in [9.17, 15) is 0 Å². The predicted molar refractivity (Wildman–Crippen MR) is 59.3 cm³/mol. The fourth-order valence-corrected chi connectivity index (χ4v) is 3.49. The van der Waals surface area contributed by atoms with Crippen LogP contribution in [0.1, 0.15) is 26.7 Å². The summed E-state index contributed by atoms with van der Waals surface area (Å²) < 4.78 is 10.4. The van der Waals surface area contributed by atoms with Crippen molar-refractivity contribution >= 4 is 0 Å². The molecule has 4 atom stereocenters. The third-order valence-corrected chi connectivity index (χ3v) is 4.68. The first kappa shape index (κ1) is 11.4. The molecular formula is C12H23NO2. The number of nitrogens with two attached hydrogens (primary N) is 1. The van der Waals surface area contributed by atoms with E-state index >= 15 is 0 Å². The van der Waals surface area contributed by atoms with Gasteiger partial charge in [-0.2, -0.15) is 0 Å². The van der Waals surface area contributed by atoms with Crippen LogP contribution in [-0.2, 0) is 9.47 Å². The van der Waals surface area contributed by atoms with E-state index in [-0.39, 0.29) is 0 Å². The lowest BCUT2D eigenvalue weighted by atomic mass is 9.44. The van der Waals surface area contributed by atoms with Gasteiger partial charge < -0.3 is 15.2 Å². The molecule has 0 aromatic heterocycles. The van der Waals surface area contributed by atoms with Gasteiger partial charge in [0.25, 0.3) is 0 Å². The van der Waals surface area contributed by atoms with Crippen molar-refractivity contribution in [1.82, 2.24) is 0 Å². The average molecular weight is 213 g/mol. The number of ether oxygens (including phenoxy) is 2. The predicted octanol–water partition coefficient (Wildman–Crippen LogP) is 1.62. The topological polar surface area (TPSA) is 44.5 Å². The normalized spacial score (nSPS) is 42.4. The Labute approximate surface area is 92.3 Å². The van der Waals surface area contributed by atoms with Crippen LogP contribution in [0.15, 0.2) is 0 Å². The molecule has 0 saturated heterocycles. The van der Waals surface area contributed by atoms with Crippen LogP contribution >= 0.6 is 0 Å². The summed E-state index contributed by atoms with van der Waals surface area (Å²) in [6.07, 6.45) is 2.52. The molecule has 3 fully saturated rings. The first-order chi connectivity index (χ1) is 7.07. The summed E-state index contributed by atoms with van der Waals surface area (Å²) in [5.41, 5.74) is 6.67. The molecule has 3 saturated carbocycles. The van der Waals surface area contributed by atoms with E-state index in [1.165, 1.54) is 12.8 Å². The number of hydrogen-bond donors (Lipinski definition) is 1. The molecule has 0 radical (unpaired) electrons. The second-order valence-electron chi connectivity index (χ2n) is 5.70. The van der Waals surface area contributed by atoms with Gasteiger partial charge >= 0.3 is 0 Å². The summed E-state index contributed by atoms with van der Waals surface area (Å²) in [7, 11) is 1.66. The Kier molecular flexibility index (Phi) is 3.06. The highest BCUT2D eigenvalue weighted by Crippen LogP contribution is 2.60. The average Bonchev–Trinajstić information content (AvgIpc) is 2.20. The van der Waals surface area contributed by atoms with Gasteiger partial charge in [-0.25, -0.2) is 0 Å². The van der Waals surface area contributed by atoms with Gasteiger partial charge in [-0.3, -0.25) is 0 Å². The van der Waals surface area contributed by atoms with Gasteiger partial charge in [-0.05, 0) is 30.1 Å². The van der Waals surface area contributed by atoms with Crippen LogP contribution in [0.5, 0.6) is 0 Å². The lowest BCUT2D eigenvalue weighted by molar-refractivity contribution is -0.146. The van der Waals surface area contributed by atoms with E-state index in [0.717, 1.165) is 18.4 Å². The molecule has 3 aliphatic rings. The van der Waals surface area contributed by atoms with E-state index in [0.29, 0.717) is 24.2 Å². The third kappa shape index (κ3) is 1.81. The van der Waals surface area contributed by atoms with Crippen molar-refractivity contribution in [2.75, 3.05) is 20.5 Å². The minimum Gasteiger partial charge on any atom is -0.359 e. The number of rotatable bonds is 4. The van der Waals surface area contributed by atoms with Crippen LogP contribution in [-0.4, -0.2) is 26.6 Å². The van der Waals surface area contributed by atoms with Gasteiger partial charge in [0.1, 0.15) is 6.79 Å². The molecule has 2 bridgehead atoms.